The molecule has 0 fully saturated rings. The van der Waals surface area contributed by atoms with Crippen molar-refractivity contribution < 1.29 is 9.90 Å². The third-order valence-corrected chi connectivity index (χ3v) is 3.62. The Labute approximate surface area is 125 Å². The van der Waals surface area contributed by atoms with Crippen LogP contribution in [0, 0.1) is 0 Å². The lowest BCUT2D eigenvalue weighted by atomic mass is 10.2. The van der Waals surface area contributed by atoms with Crippen LogP contribution in [0.5, 0.6) is 0 Å². The normalized spacial score (nSPS) is 10.3. The monoisotopic (exact) mass is 306 g/mol. The van der Waals surface area contributed by atoms with Gasteiger partial charge in [-0.2, -0.15) is 0 Å². The van der Waals surface area contributed by atoms with Gasteiger partial charge >= 0.3 is 6.09 Å². The number of carboxylic acid groups (broad SMARTS) is 1. The largest absolute Gasteiger partial charge is 0.465 e. The molecule has 7 nitrogen and oxygen atoms in total. The fourth-order valence-electron chi connectivity index (χ4n) is 1.66. The lowest BCUT2D eigenvalue weighted by Gasteiger charge is -2.13. The molecule has 1 aromatic heterocycles. The molecular weight excluding hydrogens is 292 g/mol. The van der Waals surface area contributed by atoms with Crippen LogP contribution in [0.4, 0.5) is 10.6 Å². The maximum absolute atomic E-state index is 11.9. The molecule has 1 heterocycles. The van der Waals surface area contributed by atoms with Crippen molar-refractivity contribution in [3.05, 3.63) is 46.2 Å². The number of hydrogen-bond donors (Lipinski definition) is 2. The average Bonchev–Trinajstić information content (AvgIpc) is 2.48. The molecule has 0 radical (unpaired) electrons. The Bertz CT molecular complexity index is 675. The van der Waals surface area contributed by atoms with Gasteiger partial charge in [0.15, 0.2) is 5.16 Å². The smallest absolute Gasteiger partial charge is 0.413 e. The molecule has 0 spiro atoms. The van der Waals surface area contributed by atoms with E-state index in [9.17, 15) is 9.59 Å². The predicted molar refractivity (Wildman–Crippen MR) is 79.7 cm³/mol. The molecule has 2 rings (SSSR count). The fourth-order valence-corrected chi connectivity index (χ4v) is 2.42. The number of nitrogens with one attached hydrogen (secondary N) is 1. The van der Waals surface area contributed by atoms with Crippen LogP contribution in [0.25, 0.3) is 0 Å². The summed E-state index contributed by atoms with van der Waals surface area (Å²) in [5.41, 5.74) is 0.528. The van der Waals surface area contributed by atoms with Gasteiger partial charge in [-0.1, -0.05) is 42.1 Å². The first kappa shape index (κ1) is 15.0. The molecule has 1 aromatic carbocycles. The summed E-state index contributed by atoms with van der Waals surface area (Å²) in [6, 6.07) is 9.72. The maximum atomic E-state index is 11.9. The number of rotatable bonds is 5. The first-order chi connectivity index (χ1) is 10.1. The highest BCUT2D eigenvalue weighted by Gasteiger charge is 2.18. The molecule has 0 saturated carbocycles. The Morgan fingerprint density at radius 2 is 2.05 bits per heavy atom. The van der Waals surface area contributed by atoms with E-state index < -0.39 is 11.7 Å². The summed E-state index contributed by atoms with van der Waals surface area (Å²) in [7, 11) is 0. The molecule has 0 atom stereocenters. The van der Waals surface area contributed by atoms with Crippen molar-refractivity contribution in [3.63, 3.8) is 0 Å². The Morgan fingerprint density at radius 1 is 1.33 bits per heavy atom. The lowest BCUT2D eigenvalue weighted by Crippen LogP contribution is -2.35. The van der Waals surface area contributed by atoms with Gasteiger partial charge in [-0.25, -0.2) is 4.79 Å². The summed E-state index contributed by atoms with van der Waals surface area (Å²) < 4.78 is 0. The van der Waals surface area contributed by atoms with Gasteiger partial charge in [0, 0.05) is 12.3 Å². The third-order valence-electron chi connectivity index (χ3n) is 2.68. The number of aromatic amines is 1. The fraction of sp³-hybridized carbons (Fsp3) is 0.231. The van der Waals surface area contributed by atoms with Crippen LogP contribution in [0.15, 0.2) is 40.3 Å². The van der Waals surface area contributed by atoms with E-state index in [0.29, 0.717) is 10.9 Å². The maximum Gasteiger partial charge on any atom is 0.413 e. The van der Waals surface area contributed by atoms with Crippen LogP contribution < -0.4 is 10.5 Å². The highest BCUT2D eigenvalue weighted by molar-refractivity contribution is 7.98. The van der Waals surface area contributed by atoms with E-state index in [2.05, 4.69) is 15.2 Å². The molecule has 0 unspecified atom stereocenters. The highest BCUT2D eigenvalue weighted by atomic mass is 32.2. The van der Waals surface area contributed by atoms with Crippen LogP contribution in [-0.2, 0) is 5.75 Å². The molecule has 8 heteroatoms. The van der Waals surface area contributed by atoms with Crippen molar-refractivity contribution in [2.75, 3.05) is 11.4 Å². The number of amides is 1. The summed E-state index contributed by atoms with van der Waals surface area (Å²) in [4.78, 5) is 26.2. The highest BCUT2D eigenvalue weighted by Crippen LogP contribution is 2.17. The molecule has 0 aliphatic heterocycles. The van der Waals surface area contributed by atoms with Crippen molar-refractivity contribution in [1.82, 2.24) is 15.2 Å². The van der Waals surface area contributed by atoms with Gasteiger partial charge in [-0.05, 0) is 12.5 Å². The average molecular weight is 306 g/mol. The molecule has 0 saturated heterocycles. The number of aromatic nitrogens is 3. The van der Waals surface area contributed by atoms with E-state index >= 15 is 0 Å². The Balaban J connectivity index is 2.12. The third kappa shape index (κ3) is 3.82. The molecular formula is C13H14N4O3S. The number of anilines is 1. The van der Waals surface area contributed by atoms with Crippen molar-refractivity contribution in [2.24, 2.45) is 0 Å². The minimum Gasteiger partial charge on any atom is -0.465 e. The molecule has 2 N–H and O–H groups in total. The number of hydrogen-bond acceptors (Lipinski definition) is 5. The molecule has 2 aromatic rings. The van der Waals surface area contributed by atoms with E-state index in [1.807, 2.05) is 30.3 Å². The topological polar surface area (TPSA) is 99.2 Å². The first-order valence-electron chi connectivity index (χ1n) is 6.26. The standard InChI is InChI=1S/C13H14N4O3S/c1-2-17(13(19)20)10-11(18)14-12(16-15-10)21-8-9-6-4-3-5-7-9/h3-7H,2,8H2,1H3,(H,19,20)(H,14,16,18). The summed E-state index contributed by atoms with van der Waals surface area (Å²) in [5, 5.41) is 16.9. The van der Waals surface area contributed by atoms with Crippen LogP contribution in [-0.4, -0.2) is 32.9 Å². The zero-order valence-electron chi connectivity index (χ0n) is 11.3. The SMILES string of the molecule is CCN(C(=O)O)c1nnc(SCc2ccccc2)[nH]c1=O. The molecule has 0 aliphatic rings. The minimum absolute atomic E-state index is 0.129. The van der Waals surface area contributed by atoms with Crippen molar-refractivity contribution in [3.8, 4) is 0 Å². The van der Waals surface area contributed by atoms with Gasteiger partial charge in [0.25, 0.3) is 5.56 Å². The Morgan fingerprint density at radius 3 is 2.62 bits per heavy atom. The number of benzene rings is 1. The zero-order valence-corrected chi connectivity index (χ0v) is 12.1. The van der Waals surface area contributed by atoms with E-state index in [4.69, 9.17) is 5.11 Å². The van der Waals surface area contributed by atoms with Gasteiger partial charge in [-0.3, -0.25) is 14.7 Å². The number of nitrogens with zero attached hydrogens (tertiary/aromatic N) is 3. The van der Waals surface area contributed by atoms with E-state index in [0.717, 1.165) is 10.5 Å². The van der Waals surface area contributed by atoms with Crippen molar-refractivity contribution in [2.45, 2.75) is 17.8 Å². The molecule has 21 heavy (non-hydrogen) atoms. The summed E-state index contributed by atoms with van der Waals surface area (Å²) in [6.45, 7) is 1.75. The van der Waals surface area contributed by atoms with Gasteiger partial charge in [0.05, 0.1) is 0 Å². The summed E-state index contributed by atoms with van der Waals surface area (Å²) in [6.07, 6.45) is -1.23. The molecule has 110 valence electrons. The van der Waals surface area contributed by atoms with Crippen LogP contribution >= 0.6 is 11.8 Å². The first-order valence-corrected chi connectivity index (χ1v) is 7.24. The number of H-pyrrole nitrogens is 1. The quantitative estimate of drug-likeness (QED) is 0.819. The van der Waals surface area contributed by atoms with Crippen LogP contribution in [0.2, 0.25) is 0 Å². The van der Waals surface area contributed by atoms with Gasteiger partial charge in [0.1, 0.15) is 0 Å². The second kappa shape index (κ2) is 6.89. The van der Waals surface area contributed by atoms with Gasteiger partial charge in [-0.15, -0.1) is 10.2 Å². The van der Waals surface area contributed by atoms with Crippen molar-refractivity contribution in [1.29, 1.82) is 0 Å². The second-order valence-corrected chi connectivity index (χ2v) is 5.05. The zero-order chi connectivity index (χ0) is 15.2. The number of carbonyl (C=O) groups is 1. The molecule has 0 bridgehead atoms. The van der Waals surface area contributed by atoms with E-state index in [1.54, 1.807) is 6.92 Å². The van der Waals surface area contributed by atoms with Crippen LogP contribution in [0.1, 0.15) is 12.5 Å². The Kier molecular flexibility index (Phi) is 4.94. The molecule has 1 amide bonds. The van der Waals surface area contributed by atoms with E-state index in [-0.39, 0.29) is 12.4 Å². The molecule has 0 aliphatic carbocycles. The predicted octanol–water partition coefficient (Wildman–Crippen LogP) is 1.96. The second-order valence-electron chi connectivity index (χ2n) is 4.08. The minimum atomic E-state index is -1.23. The van der Waals surface area contributed by atoms with E-state index in [1.165, 1.54) is 11.8 Å². The van der Waals surface area contributed by atoms with Gasteiger partial charge < -0.3 is 5.11 Å². The van der Waals surface area contributed by atoms with Crippen LogP contribution in [0.3, 0.4) is 0 Å². The lowest BCUT2D eigenvalue weighted by molar-refractivity contribution is 0.202. The number of thioether (sulfide) groups is 1. The summed E-state index contributed by atoms with van der Waals surface area (Å²) >= 11 is 1.33. The van der Waals surface area contributed by atoms with Gasteiger partial charge in [0.2, 0.25) is 5.82 Å². The Hall–Kier alpha value is -2.35. The van der Waals surface area contributed by atoms with Crippen molar-refractivity contribution >= 4 is 23.7 Å². The summed E-state index contributed by atoms with van der Waals surface area (Å²) in [5.74, 6) is 0.426.